The van der Waals surface area contributed by atoms with Gasteiger partial charge in [0.1, 0.15) is 18.2 Å². The number of pyridine rings is 1. The van der Waals surface area contributed by atoms with E-state index in [0.717, 1.165) is 29.8 Å². The number of aryl methyl sites for hydroxylation is 1. The number of ether oxygens (including phenoxy) is 1. The molecule has 0 spiro atoms. The number of aliphatic carboxylic acids is 1. The molecule has 2 N–H and O–H groups in total. The average Bonchev–Trinajstić information content (AvgIpc) is 3.26. The smallest absolute Gasteiger partial charge is 0.410 e. The lowest BCUT2D eigenvalue weighted by Crippen LogP contribution is -2.63. The predicted octanol–water partition coefficient (Wildman–Crippen LogP) is 4.26. The van der Waals surface area contributed by atoms with Crippen LogP contribution in [0.15, 0.2) is 42.7 Å². The molecule has 0 bridgehead atoms. The van der Waals surface area contributed by atoms with Gasteiger partial charge in [-0.2, -0.15) is 0 Å². The highest BCUT2D eigenvalue weighted by Crippen LogP contribution is 2.50. The van der Waals surface area contributed by atoms with Crippen molar-refractivity contribution in [3.05, 3.63) is 65.0 Å². The number of carboxylic acids is 1. The molecular weight excluding hydrogens is 482 g/mol. The minimum atomic E-state index is -1.24. The predicted molar refractivity (Wildman–Crippen MR) is 145 cm³/mol. The van der Waals surface area contributed by atoms with Crippen molar-refractivity contribution in [2.75, 3.05) is 33.3 Å². The third kappa shape index (κ3) is 5.04. The van der Waals surface area contributed by atoms with Crippen LogP contribution in [0.1, 0.15) is 69.2 Å². The number of carboxylic acid groups (broad SMARTS) is 1. The van der Waals surface area contributed by atoms with Crippen molar-refractivity contribution >= 4 is 12.1 Å². The van der Waals surface area contributed by atoms with Crippen molar-refractivity contribution in [3.63, 3.8) is 0 Å². The summed E-state index contributed by atoms with van der Waals surface area (Å²) in [7, 11) is 2.05. The molecular formula is C30H41N3O5. The van der Waals surface area contributed by atoms with Gasteiger partial charge in [-0.25, -0.2) is 9.59 Å². The van der Waals surface area contributed by atoms with Gasteiger partial charge in [0, 0.05) is 36.5 Å². The molecule has 2 fully saturated rings. The number of carbonyl (C=O) groups is 2. The second-order valence-electron chi connectivity index (χ2n) is 12.3. The standard InChI is InChI=1S/C30H41N3O5/c1-20(2)22-7-9-23(10-8-22)30(37,29(5)18-32(6)19-29)24-15-21(16-31-17-24)11-12-28(3,4)25(26(34)35)33-13-14-38-27(33)36/h7-10,15-17,20,25,37H,11-14,18-19H2,1-6H3,(H,34,35)/t25?,30-/m0/s1. The second kappa shape index (κ2) is 10.3. The maximum Gasteiger partial charge on any atom is 0.410 e. The number of hydrogen-bond acceptors (Lipinski definition) is 6. The molecule has 2 aliphatic rings. The Labute approximate surface area is 225 Å². The van der Waals surface area contributed by atoms with Gasteiger partial charge < -0.3 is 19.8 Å². The number of hydrogen-bond donors (Lipinski definition) is 2. The Hall–Kier alpha value is -2.97. The topological polar surface area (TPSA) is 103 Å². The Morgan fingerprint density at radius 2 is 1.82 bits per heavy atom. The molecule has 1 aromatic carbocycles. The minimum absolute atomic E-state index is 0.204. The summed E-state index contributed by atoms with van der Waals surface area (Å²) in [6, 6.07) is 9.25. The van der Waals surface area contributed by atoms with Crippen LogP contribution in [0.2, 0.25) is 0 Å². The summed E-state index contributed by atoms with van der Waals surface area (Å²) in [6.45, 7) is 12.1. The molecule has 0 aliphatic carbocycles. The SMILES string of the molecule is CC(C)c1ccc([C@](O)(c2cncc(CCC(C)(C)C(C(=O)O)N3CCOC3=O)c2)C2(C)CN(C)C2)cc1. The number of benzene rings is 1. The van der Waals surface area contributed by atoms with Gasteiger partial charge in [0.25, 0.3) is 0 Å². The number of likely N-dealkylation sites (tertiary alicyclic amines) is 1. The molecule has 206 valence electrons. The first kappa shape index (κ1) is 28.0. The molecule has 8 nitrogen and oxygen atoms in total. The number of amides is 1. The van der Waals surface area contributed by atoms with E-state index in [9.17, 15) is 19.8 Å². The van der Waals surface area contributed by atoms with Crippen molar-refractivity contribution in [2.24, 2.45) is 10.8 Å². The highest BCUT2D eigenvalue weighted by molar-refractivity contribution is 5.81. The van der Waals surface area contributed by atoms with E-state index in [1.165, 1.54) is 10.5 Å². The van der Waals surface area contributed by atoms with E-state index in [2.05, 4.69) is 49.8 Å². The molecule has 1 unspecified atom stereocenters. The molecule has 1 aromatic heterocycles. The fraction of sp³-hybridized carbons (Fsp3) is 0.567. The number of cyclic esters (lactones) is 1. The number of carbonyl (C=O) groups excluding carboxylic acids is 1. The summed E-state index contributed by atoms with van der Waals surface area (Å²) >= 11 is 0. The second-order valence-corrected chi connectivity index (χ2v) is 12.3. The summed E-state index contributed by atoms with van der Waals surface area (Å²) < 4.78 is 5.01. The molecule has 2 saturated heterocycles. The number of rotatable bonds is 10. The molecule has 2 aromatic rings. The highest BCUT2D eigenvalue weighted by atomic mass is 16.6. The normalized spacial score (nSPS) is 20.1. The fourth-order valence-corrected chi connectivity index (χ4v) is 6.30. The first-order valence-electron chi connectivity index (χ1n) is 13.4. The van der Waals surface area contributed by atoms with Gasteiger partial charge >= 0.3 is 12.1 Å². The van der Waals surface area contributed by atoms with E-state index in [4.69, 9.17) is 4.74 Å². The molecule has 38 heavy (non-hydrogen) atoms. The lowest BCUT2D eigenvalue weighted by molar-refractivity contribution is -0.146. The Morgan fingerprint density at radius 3 is 2.34 bits per heavy atom. The maximum absolute atomic E-state index is 12.5. The van der Waals surface area contributed by atoms with Crippen LogP contribution in [-0.4, -0.2) is 76.4 Å². The highest BCUT2D eigenvalue weighted by Gasteiger charge is 2.55. The summed E-state index contributed by atoms with van der Waals surface area (Å²) in [4.78, 5) is 32.3. The van der Waals surface area contributed by atoms with Gasteiger partial charge in [-0.1, -0.05) is 58.9 Å². The van der Waals surface area contributed by atoms with E-state index in [1.807, 2.05) is 32.0 Å². The van der Waals surface area contributed by atoms with Crippen LogP contribution >= 0.6 is 0 Å². The van der Waals surface area contributed by atoms with Crippen LogP contribution < -0.4 is 0 Å². The third-order valence-corrected chi connectivity index (χ3v) is 8.46. The van der Waals surface area contributed by atoms with Gasteiger partial charge in [-0.05, 0) is 54.0 Å². The Bertz CT molecular complexity index is 1170. The van der Waals surface area contributed by atoms with Gasteiger partial charge in [-0.3, -0.25) is 9.88 Å². The third-order valence-electron chi connectivity index (χ3n) is 8.46. The summed E-state index contributed by atoms with van der Waals surface area (Å²) in [5.41, 5.74) is 1.36. The Kier molecular flexibility index (Phi) is 7.60. The van der Waals surface area contributed by atoms with Crippen molar-refractivity contribution in [2.45, 2.75) is 65.0 Å². The van der Waals surface area contributed by atoms with Gasteiger partial charge in [0.05, 0.1) is 6.54 Å². The summed E-state index contributed by atoms with van der Waals surface area (Å²) in [6.07, 6.45) is 4.01. The number of aliphatic hydroxyl groups is 1. The van der Waals surface area contributed by atoms with Gasteiger partial charge in [0.15, 0.2) is 0 Å². The molecule has 8 heteroatoms. The van der Waals surface area contributed by atoms with Gasteiger partial charge in [0.2, 0.25) is 0 Å². The van der Waals surface area contributed by atoms with Gasteiger partial charge in [-0.15, -0.1) is 0 Å². The summed E-state index contributed by atoms with van der Waals surface area (Å²) in [5, 5.41) is 22.4. The van der Waals surface area contributed by atoms with Crippen LogP contribution in [-0.2, 0) is 21.6 Å². The lowest BCUT2D eigenvalue weighted by Gasteiger charge is -2.56. The molecule has 1 amide bonds. The van der Waals surface area contributed by atoms with Crippen LogP contribution in [0.4, 0.5) is 4.79 Å². The zero-order chi connectivity index (χ0) is 27.9. The van der Waals surface area contributed by atoms with Crippen LogP contribution in [0, 0.1) is 10.8 Å². The maximum atomic E-state index is 12.5. The van der Waals surface area contributed by atoms with E-state index >= 15 is 0 Å². The number of nitrogens with zero attached hydrogens (tertiary/aromatic N) is 3. The molecule has 0 saturated carbocycles. The molecule has 2 atom stereocenters. The van der Waals surface area contributed by atoms with Crippen molar-refractivity contribution in [3.8, 4) is 0 Å². The molecule has 4 rings (SSSR count). The molecule has 0 radical (unpaired) electrons. The molecule has 3 heterocycles. The first-order valence-corrected chi connectivity index (χ1v) is 13.4. The monoisotopic (exact) mass is 523 g/mol. The fourth-order valence-electron chi connectivity index (χ4n) is 6.30. The van der Waals surface area contributed by atoms with Crippen molar-refractivity contribution in [1.82, 2.24) is 14.8 Å². The average molecular weight is 524 g/mol. The van der Waals surface area contributed by atoms with E-state index < -0.39 is 34.5 Å². The Balaban J connectivity index is 1.63. The minimum Gasteiger partial charge on any atom is -0.480 e. The molecule has 2 aliphatic heterocycles. The Morgan fingerprint density at radius 1 is 1.16 bits per heavy atom. The first-order chi connectivity index (χ1) is 17.8. The quantitative estimate of drug-likeness (QED) is 0.480. The van der Waals surface area contributed by atoms with E-state index in [-0.39, 0.29) is 13.2 Å². The van der Waals surface area contributed by atoms with Crippen LogP contribution in [0.3, 0.4) is 0 Å². The van der Waals surface area contributed by atoms with E-state index in [0.29, 0.717) is 18.8 Å². The largest absolute Gasteiger partial charge is 0.480 e. The summed E-state index contributed by atoms with van der Waals surface area (Å²) in [5.74, 6) is -0.644. The van der Waals surface area contributed by atoms with Crippen molar-refractivity contribution in [1.29, 1.82) is 0 Å². The van der Waals surface area contributed by atoms with Crippen molar-refractivity contribution < 1.29 is 24.5 Å². The van der Waals surface area contributed by atoms with Crippen LogP contribution in [0.5, 0.6) is 0 Å². The zero-order valence-corrected chi connectivity index (χ0v) is 23.4. The lowest BCUT2D eigenvalue weighted by atomic mass is 9.62. The zero-order valence-electron chi connectivity index (χ0n) is 23.4. The van der Waals surface area contributed by atoms with Crippen LogP contribution in [0.25, 0.3) is 0 Å². The van der Waals surface area contributed by atoms with E-state index in [1.54, 1.807) is 12.4 Å². The number of aromatic nitrogens is 1.